The Balaban J connectivity index is 1.94. The van der Waals surface area contributed by atoms with E-state index in [9.17, 15) is 0 Å². The topological polar surface area (TPSA) is 55.0 Å². The number of rotatable bonds is 3. The second kappa shape index (κ2) is 6.48. The van der Waals surface area contributed by atoms with Crippen molar-refractivity contribution in [3.63, 3.8) is 0 Å². The molecule has 26 heavy (non-hydrogen) atoms. The Bertz CT molecular complexity index is 1010. The van der Waals surface area contributed by atoms with E-state index in [2.05, 4.69) is 67.4 Å². The van der Waals surface area contributed by atoms with E-state index in [0.29, 0.717) is 11.6 Å². The maximum Gasteiger partial charge on any atom is 0.181 e. The first kappa shape index (κ1) is 16.1. The van der Waals surface area contributed by atoms with Crippen molar-refractivity contribution in [2.45, 2.75) is 13.8 Å². The van der Waals surface area contributed by atoms with Gasteiger partial charge in [-0.05, 0) is 50.2 Å². The molecule has 0 atom stereocenters. The molecule has 0 unspecified atom stereocenters. The summed E-state index contributed by atoms with van der Waals surface area (Å²) in [6, 6.07) is 24.4. The van der Waals surface area contributed by atoms with Crippen molar-refractivity contribution < 1.29 is 0 Å². The Morgan fingerprint density at radius 2 is 1.12 bits per heavy atom. The van der Waals surface area contributed by atoms with Gasteiger partial charge in [0.2, 0.25) is 0 Å². The van der Waals surface area contributed by atoms with Gasteiger partial charge in [-0.3, -0.25) is 4.90 Å². The van der Waals surface area contributed by atoms with Gasteiger partial charge in [0, 0.05) is 11.4 Å². The van der Waals surface area contributed by atoms with Crippen molar-refractivity contribution >= 4 is 34.0 Å². The molecule has 0 bridgehead atoms. The summed E-state index contributed by atoms with van der Waals surface area (Å²) in [6.07, 6.45) is 0. The molecule has 3 aromatic carbocycles. The van der Waals surface area contributed by atoms with Gasteiger partial charge in [0.05, 0.1) is 11.0 Å². The maximum absolute atomic E-state index is 6.31. The first-order valence-corrected chi connectivity index (χ1v) is 8.57. The van der Waals surface area contributed by atoms with Gasteiger partial charge in [-0.1, -0.05) is 47.5 Å². The smallest absolute Gasteiger partial charge is 0.181 e. The summed E-state index contributed by atoms with van der Waals surface area (Å²) in [7, 11) is 0. The van der Waals surface area contributed by atoms with E-state index in [4.69, 9.17) is 10.7 Å². The van der Waals surface area contributed by atoms with Crippen molar-refractivity contribution in [3.8, 4) is 0 Å². The van der Waals surface area contributed by atoms with Crippen LogP contribution < -0.4 is 10.6 Å². The third kappa shape index (κ3) is 2.97. The van der Waals surface area contributed by atoms with Crippen molar-refractivity contribution in [2.75, 3.05) is 10.6 Å². The number of para-hydroxylation sites is 2. The fourth-order valence-electron chi connectivity index (χ4n) is 2.95. The number of hydrogen-bond donors (Lipinski definition) is 1. The number of benzene rings is 3. The summed E-state index contributed by atoms with van der Waals surface area (Å²) in [5.74, 6) is 1.04. The molecule has 0 amide bonds. The monoisotopic (exact) mass is 340 g/mol. The van der Waals surface area contributed by atoms with Gasteiger partial charge >= 0.3 is 0 Å². The van der Waals surface area contributed by atoms with Crippen molar-refractivity contribution in [1.29, 1.82) is 0 Å². The summed E-state index contributed by atoms with van der Waals surface area (Å²) in [5.41, 5.74) is 12.3. The molecule has 0 spiro atoms. The fraction of sp³-hybridized carbons (Fsp3) is 0.0909. The second-order valence-electron chi connectivity index (χ2n) is 6.43. The summed E-state index contributed by atoms with van der Waals surface area (Å²) in [6.45, 7) is 4.15. The molecule has 0 aliphatic carbocycles. The summed E-state index contributed by atoms with van der Waals surface area (Å²) < 4.78 is 0. The van der Waals surface area contributed by atoms with Crippen LogP contribution in [0.2, 0.25) is 0 Å². The highest BCUT2D eigenvalue weighted by Crippen LogP contribution is 2.36. The third-order valence-electron chi connectivity index (χ3n) is 4.37. The molecular weight excluding hydrogens is 320 g/mol. The van der Waals surface area contributed by atoms with Gasteiger partial charge in [-0.25, -0.2) is 9.97 Å². The maximum atomic E-state index is 6.31. The Morgan fingerprint density at radius 1 is 0.654 bits per heavy atom. The average Bonchev–Trinajstić information content (AvgIpc) is 2.65. The largest absolute Gasteiger partial charge is 0.381 e. The van der Waals surface area contributed by atoms with Gasteiger partial charge in [-0.2, -0.15) is 0 Å². The van der Waals surface area contributed by atoms with Crippen LogP contribution in [0.25, 0.3) is 11.0 Å². The summed E-state index contributed by atoms with van der Waals surface area (Å²) in [4.78, 5) is 11.4. The van der Waals surface area contributed by atoms with Gasteiger partial charge in [0.1, 0.15) is 0 Å². The Morgan fingerprint density at radius 3 is 1.62 bits per heavy atom. The van der Waals surface area contributed by atoms with E-state index < -0.39 is 0 Å². The lowest BCUT2D eigenvalue weighted by Crippen LogP contribution is -2.15. The van der Waals surface area contributed by atoms with E-state index in [1.807, 2.05) is 29.2 Å². The minimum atomic E-state index is 0.407. The minimum Gasteiger partial charge on any atom is -0.381 e. The molecule has 4 aromatic rings. The Kier molecular flexibility index (Phi) is 4.01. The zero-order valence-corrected chi connectivity index (χ0v) is 14.8. The molecule has 0 aliphatic heterocycles. The van der Waals surface area contributed by atoms with Crippen LogP contribution in [0.5, 0.6) is 0 Å². The number of anilines is 4. The molecule has 0 saturated carbocycles. The fourth-order valence-corrected chi connectivity index (χ4v) is 2.95. The van der Waals surface area contributed by atoms with E-state index in [1.165, 1.54) is 11.1 Å². The van der Waals surface area contributed by atoms with Crippen LogP contribution >= 0.6 is 0 Å². The molecular formula is C22H20N4. The van der Waals surface area contributed by atoms with E-state index in [0.717, 1.165) is 22.4 Å². The molecule has 0 saturated heterocycles. The van der Waals surface area contributed by atoms with Crippen LogP contribution in [0.1, 0.15) is 11.1 Å². The SMILES string of the molecule is Cc1ccc(N(c2ccc(C)cc2)c2nc3ccccc3nc2N)cc1. The lowest BCUT2D eigenvalue weighted by molar-refractivity contribution is 1.17. The molecule has 0 radical (unpaired) electrons. The Labute approximate surface area is 152 Å². The van der Waals surface area contributed by atoms with E-state index in [1.54, 1.807) is 0 Å². The third-order valence-corrected chi connectivity index (χ3v) is 4.37. The first-order valence-electron chi connectivity index (χ1n) is 8.57. The molecule has 1 aromatic heterocycles. The molecule has 1 heterocycles. The normalized spacial score (nSPS) is 10.8. The van der Waals surface area contributed by atoms with Crippen LogP contribution in [0.4, 0.5) is 23.0 Å². The van der Waals surface area contributed by atoms with E-state index >= 15 is 0 Å². The molecule has 4 nitrogen and oxygen atoms in total. The van der Waals surface area contributed by atoms with Crippen molar-refractivity contribution in [1.82, 2.24) is 9.97 Å². The molecule has 4 rings (SSSR count). The van der Waals surface area contributed by atoms with Crippen LogP contribution in [0.15, 0.2) is 72.8 Å². The highest BCUT2D eigenvalue weighted by atomic mass is 15.2. The standard InChI is InChI=1S/C22H20N4/c1-15-7-11-17(12-8-15)26(18-13-9-16(2)10-14-18)22-21(23)24-19-5-3-4-6-20(19)25-22/h3-14H,1-2H3,(H2,23,24). The van der Waals surface area contributed by atoms with Crippen molar-refractivity contribution in [2.24, 2.45) is 0 Å². The molecule has 4 heteroatoms. The number of fused-ring (bicyclic) bond motifs is 1. The van der Waals surface area contributed by atoms with Gasteiger partial charge in [0.25, 0.3) is 0 Å². The van der Waals surface area contributed by atoms with Crippen LogP contribution in [0, 0.1) is 13.8 Å². The summed E-state index contributed by atoms with van der Waals surface area (Å²) >= 11 is 0. The van der Waals surface area contributed by atoms with Gasteiger partial charge in [0.15, 0.2) is 11.6 Å². The number of aromatic nitrogens is 2. The lowest BCUT2D eigenvalue weighted by atomic mass is 10.1. The summed E-state index contributed by atoms with van der Waals surface area (Å²) in [5, 5.41) is 0. The minimum absolute atomic E-state index is 0.407. The predicted octanol–water partition coefficient (Wildman–Crippen LogP) is 5.30. The van der Waals surface area contributed by atoms with Crippen LogP contribution in [0.3, 0.4) is 0 Å². The zero-order valence-electron chi connectivity index (χ0n) is 14.8. The highest BCUT2D eigenvalue weighted by molar-refractivity contribution is 5.85. The quantitative estimate of drug-likeness (QED) is 0.550. The van der Waals surface area contributed by atoms with Gasteiger partial charge < -0.3 is 5.73 Å². The second-order valence-corrected chi connectivity index (χ2v) is 6.43. The predicted molar refractivity (Wildman–Crippen MR) is 108 cm³/mol. The average molecular weight is 340 g/mol. The molecule has 2 N–H and O–H groups in total. The molecule has 0 aliphatic rings. The number of hydrogen-bond acceptors (Lipinski definition) is 4. The highest BCUT2D eigenvalue weighted by Gasteiger charge is 2.18. The zero-order chi connectivity index (χ0) is 18.1. The van der Waals surface area contributed by atoms with Crippen molar-refractivity contribution in [3.05, 3.63) is 83.9 Å². The Hall–Kier alpha value is -3.40. The van der Waals surface area contributed by atoms with Gasteiger partial charge in [-0.15, -0.1) is 0 Å². The number of nitrogens with two attached hydrogens (primary N) is 1. The van der Waals surface area contributed by atoms with Crippen LogP contribution in [-0.2, 0) is 0 Å². The first-order chi connectivity index (χ1) is 12.6. The lowest BCUT2D eigenvalue weighted by Gasteiger charge is -2.25. The number of nitrogen functional groups attached to an aromatic ring is 1. The number of nitrogens with zero attached hydrogens (tertiary/aromatic N) is 3. The molecule has 0 fully saturated rings. The van der Waals surface area contributed by atoms with Crippen LogP contribution in [-0.4, -0.2) is 9.97 Å². The van der Waals surface area contributed by atoms with E-state index in [-0.39, 0.29) is 0 Å². The number of aryl methyl sites for hydroxylation is 2. The molecule has 128 valence electrons.